The van der Waals surface area contributed by atoms with Gasteiger partial charge in [-0.15, -0.1) is 13.2 Å². The summed E-state index contributed by atoms with van der Waals surface area (Å²) in [5, 5.41) is 13.3. The van der Waals surface area contributed by atoms with Crippen LogP contribution in [0.3, 0.4) is 0 Å². The molecule has 3 aromatic carbocycles. The van der Waals surface area contributed by atoms with Gasteiger partial charge in [-0.2, -0.15) is 0 Å². The molecule has 0 aromatic heterocycles. The molecule has 0 aliphatic carbocycles. The van der Waals surface area contributed by atoms with Crippen molar-refractivity contribution in [3.05, 3.63) is 77.1 Å². The predicted molar refractivity (Wildman–Crippen MR) is 126 cm³/mol. The number of carbonyl (C=O) groups excluding carboxylic acids is 1. The molecule has 3 aromatic rings. The van der Waals surface area contributed by atoms with E-state index in [0.29, 0.717) is 22.0 Å². The van der Waals surface area contributed by atoms with E-state index < -0.39 is 29.7 Å². The summed E-state index contributed by atoms with van der Waals surface area (Å²) in [5.41, 5.74) is 0.0674. The van der Waals surface area contributed by atoms with Crippen molar-refractivity contribution < 1.29 is 37.3 Å². The number of hydrogen-bond donors (Lipinski definition) is 2. The fourth-order valence-corrected chi connectivity index (χ4v) is 3.48. The lowest BCUT2D eigenvalue weighted by Crippen LogP contribution is -2.49. The topological polar surface area (TPSA) is 89.2 Å². The number of carboxylic acids is 1. The number of benzene rings is 3. The van der Waals surface area contributed by atoms with Gasteiger partial charge < -0.3 is 19.9 Å². The Morgan fingerprint density at radius 3 is 2.25 bits per heavy atom. The van der Waals surface area contributed by atoms with E-state index in [9.17, 15) is 27.9 Å². The number of aliphatic carboxylic acids is 1. The normalized spacial score (nSPS) is 12.5. The average molecular weight is 500 g/mol. The molecule has 10 heteroatoms. The summed E-state index contributed by atoms with van der Waals surface area (Å²) in [7, 11) is 0. The molecule has 0 saturated heterocycles. The molecule has 0 fully saturated rings. The van der Waals surface area contributed by atoms with Crippen molar-refractivity contribution >= 4 is 28.3 Å². The lowest BCUT2D eigenvalue weighted by atomic mass is 9.86. The minimum atomic E-state index is -4.81. The lowest BCUT2D eigenvalue weighted by molar-refractivity contribution is -0.274. The molecule has 0 heterocycles. The molecule has 7 nitrogen and oxygen atoms in total. The maximum atomic E-state index is 13.2. The number of alkyl halides is 3. The average Bonchev–Trinajstić information content (AvgIpc) is 2.79. The van der Waals surface area contributed by atoms with Crippen LogP contribution in [0.2, 0.25) is 0 Å². The molecule has 188 valence electrons. The largest absolute Gasteiger partial charge is 0.573 e. The number of hydrogen-bond acceptors (Lipinski definition) is 4. The minimum absolute atomic E-state index is 0.0529. The van der Waals surface area contributed by atoms with Gasteiger partial charge in [0.25, 0.3) is 5.91 Å². The van der Waals surface area contributed by atoms with Crippen molar-refractivity contribution in [2.24, 2.45) is 5.41 Å². The van der Waals surface area contributed by atoms with E-state index in [2.05, 4.69) is 14.9 Å². The minimum Gasteiger partial charge on any atom is -0.487 e. The van der Waals surface area contributed by atoms with E-state index in [1.165, 1.54) is 18.2 Å². The summed E-state index contributed by atoms with van der Waals surface area (Å²) in [6.07, 6.45) is -4.81. The fourth-order valence-electron chi connectivity index (χ4n) is 3.48. The Hall–Kier alpha value is -4.26. The van der Waals surface area contributed by atoms with Crippen LogP contribution in [0.15, 0.2) is 54.6 Å². The third-order valence-electron chi connectivity index (χ3n) is 5.26. The number of carbonyl (C=O) groups is 2. The number of nitrogens with one attached hydrogen (secondary N) is 1. The standard InChI is InChI=1S/C26H23F3N2O5/c1-25(2,3)22(24(33)34)31-23(32)19-12-8-16-7-9-17(30-4)13-20(16)21(19)35-14-15-5-10-18(11-6-15)36-26(27,28)29/h5-13,22H,14H2,1-3H3,(H,31,32)(H,33,34)/t22-/m1/s1. The van der Waals surface area contributed by atoms with E-state index in [4.69, 9.17) is 11.3 Å². The van der Waals surface area contributed by atoms with Crippen LogP contribution < -0.4 is 14.8 Å². The smallest absolute Gasteiger partial charge is 0.487 e. The van der Waals surface area contributed by atoms with Gasteiger partial charge in [0.05, 0.1) is 12.1 Å². The van der Waals surface area contributed by atoms with E-state index in [-0.39, 0.29) is 23.7 Å². The molecule has 0 radical (unpaired) electrons. The van der Waals surface area contributed by atoms with Crippen LogP contribution in [-0.4, -0.2) is 29.4 Å². The second-order valence-corrected chi connectivity index (χ2v) is 9.05. The highest BCUT2D eigenvalue weighted by Crippen LogP contribution is 2.34. The molecule has 0 spiro atoms. The molecule has 2 N–H and O–H groups in total. The first-order valence-electron chi connectivity index (χ1n) is 10.7. The molecule has 1 atom stereocenters. The number of carboxylic acid groups (broad SMARTS) is 1. The molecule has 1 amide bonds. The molecule has 0 unspecified atom stereocenters. The number of ether oxygens (including phenoxy) is 2. The van der Waals surface area contributed by atoms with E-state index in [1.807, 2.05) is 0 Å². The summed E-state index contributed by atoms with van der Waals surface area (Å²) < 4.78 is 47.1. The Balaban J connectivity index is 1.97. The van der Waals surface area contributed by atoms with Gasteiger partial charge in [-0.3, -0.25) is 4.79 Å². The van der Waals surface area contributed by atoms with Gasteiger partial charge in [-0.25, -0.2) is 9.64 Å². The SMILES string of the molecule is [C-]#[N+]c1ccc2ccc(C(=O)N[C@H](C(=O)O)C(C)(C)C)c(OCc3ccc(OC(F)(F)F)cc3)c2c1. The van der Waals surface area contributed by atoms with Crippen molar-refractivity contribution in [2.45, 2.75) is 39.8 Å². The molecular weight excluding hydrogens is 477 g/mol. The number of rotatable bonds is 7. The Labute approximate surface area is 205 Å². The first-order chi connectivity index (χ1) is 16.8. The first-order valence-corrected chi connectivity index (χ1v) is 10.7. The number of halogens is 3. The zero-order chi connectivity index (χ0) is 26.7. The summed E-state index contributed by atoms with van der Waals surface area (Å²) >= 11 is 0. The summed E-state index contributed by atoms with van der Waals surface area (Å²) in [6.45, 7) is 12.2. The van der Waals surface area contributed by atoms with Crippen molar-refractivity contribution in [3.63, 3.8) is 0 Å². The second-order valence-electron chi connectivity index (χ2n) is 9.05. The third-order valence-corrected chi connectivity index (χ3v) is 5.26. The van der Waals surface area contributed by atoms with Gasteiger partial charge in [0.15, 0.2) is 5.69 Å². The van der Waals surface area contributed by atoms with Gasteiger partial charge >= 0.3 is 12.3 Å². The maximum absolute atomic E-state index is 13.2. The van der Waals surface area contributed by atoms with E-state index >= 15 is 0 Å². The monoisotopic (exact) mass is 500 g/mol. The van der Waals surface area contributed by atoms with E-state index in [1.54, 1.807) is 45.0 Å². The van der Waals surface area contributed by atoms with Crippen LogP contribution in [0.4, 0.5) is 18.9 Å². The van der Waals surface area contributed by atoms with Crippen LogP contribution >= 0.6 is 0 Å². The van der Waals surface area contributed by atoms with Crippen LogP contribution in [0, 0.1) is 12.0 Å². The van der Waals surface area contributed by atoms with Crippen molar-refractivity contribution in [1.29, 1.82) is 0 Å². The molecule has 0 bridgehead atoms. The third kappa shape index (κ3) is 6.44. The van der Waals surface area contributed by atoms with E-state index in [0.717, 1.165) is 12.1 Å². The van der Waals surface area contributed by atoms with Crippen molar-refractivity contribution in [1.82, 2.24) is 5.32 Å². The summed E-state index contributed by atoms with van der Waals surface area (Å²) in [4.78, 5) is 28.3. The zero-order valence-electron chi connectivity index (χ0n) is 19.6. The van der Waals surface area contributed by atoms with Crippen LogP contribution in [0.5, 0.6) is 11.5 Å². The Kier molecular flexibility index (Phi) is 7.43. The highest BCUT2D eigenvalue weighted by Gasteiger charge is 2.34. The molecule has 0 aliphatic rings. The fraction of sp³-hybridized carbons (Fsp3) is 0.269. The first kappa shape index (κ1) is 26.3. The maximum Gasteiger partial charge on any atom is 0.573 e. The van der Waals surface area contributed by atoms with Gasteiger partial charge in [-0.05, 0) is 40.6 Å². The Morgan fingerprint density at radius 2 is 1.69 bits per heavy atom. The quantitative estimate of drug-likeness (QED) is 0.383. The number of amides is 1. The van der Waals surface area contributed by atoms with Crippen LogP contribution in [0.25, 0.3) is 15.6 Å². The van der Waals surface area contributed by atoms with Crippen molar-refractivity contribution in [3.8, 4) is 11.5 Å². The van der Waals surface area contributed by atoms with Gasteiger partial charge in [0.2, 0.25) is 0 Å². The summed E-state index contributed by atoms with van der Waals surface area (Å²) in [6, 6.07) is 11.9. The molecule has 36 heavy (non-hydrogen) atoms. The number of nitrogens with zero attached hydrogens (tertiary/aromatic N) is 1. The van der Waals surface area contributed by atoms with Gasteiger partial charge in [0.1, 0.15) is 24.1 Å². The second kappa shape index (κ2) is 10.2. The van der Waals surface area contributed by atoms with Crippen molar-refractivity contribution in [2.75, 3.05) is 0 Å². The Morgan fingerprint density at radius 1 is 1.06 bits per heavy atom. The molecule has 0 saturated carbocycles. The molecule has 3 rings (SSSR count). The predicted octanol–water partition coefficient (Wildman–Crippen LogP) is 6.10. The highest BCUT2D eigenvalue weighted by molar-refractivity contribution is 6.05. The highest BCUT2D eigenvalue weighted by atomic mass is 19.4. The zero-order valence-corrected chi connectivity index (χ0v) is 19.6. The van der Waals surface area contributed by atoms with Crippen LogP contribution in [0.1, 0.15) is 36.7 Å². The summed E-state index contributed by atoms with van der Waals surface area (Å²) in [5.74, 6) is -2.16. The van der Waals surface area contributed by atoms with Gasteiger partial charge in [0, 0.05) is 5.39 Å². The molecular formula is C26H23F3N2O5. The lowest BCUT2D eigenvalue weighted by Gasteiger charge is -2.28. The van der Waals surface area contributed by atoms with Gasteiger partial charge in [-0.1, -0.05) is 51.1 Å². The number of fused-ring (bicyclic) bond motifs is 1. The Bertz CT molecular complexity index is 1320. The molecule has 0 aliphatic heterocycles. The van der Waals surface area contributed by atoms with Crippen LogP contribution in [-0.2, 0) is 11.4 Å².